The number of hydrogen-bond acceptors (Lipinski definition) is 5. The maximum atomic E-state index is 13.0. The molecule has 30 heavy (non-hydrogen) atoms. The summed E-state index contributed by atoms with van der Waals surface area (Å²) in [5.41, 5.74) is 2.08. The first kappa shape index (κ1) is 20.1. The average Bonchev–Trinajstić information content (AvgIpc) is 2.74. The third-order valence-corrected chi connectivity index (χ3v) is 5.91. The lowest BCUT2D eigenvalue weighted by Crippen LogP contribution is -2.28. The molecule has 0 aliphatic heterocycles. The minimum absolute atomic E-state index is 0.0727. The number of para-hydroxylation sites is 1. The van der Waals surface area contributed by atoms with Gasteiger partial charge in [0.1, 0.15) is 0 Å². The van der Waals surface area contributed by atoms with Crippen molar-refractivity contribution in [2.45, 2.75) is 37.2 Å². The number of amides is 1. The molecular weight excluding hydrogens is 396 g/mol. The summed E-state index contributed by atoms with van der Waals surface area (Å²) in [4.78, 5) is 34.9. The molecule has 0 radical (unpaired) electrons. The maximum absolute atomic E-state index is 13.0. The molecule has 0 aliphatic rings. The molecule has 2 heterocycles. The van der Waals surface area contributed by atoms with Gasteiger partial charge in [-0.1, -0.05) is 30.0 Å². The highest BCUT2D eigenvalue weighted by molar-refractivity contribution is 8.00. The van der Waals surface area contributed by atoms with Gasteiger partial charge in [-0.05, 0) is 57.2 Å². The minimum atomic E-state index is -0.449. The van der Waals surface area contributed by atoms with Crippen molar-refractivity contribution in [1.82, 2.24) is 14.5 Å². The van der Waals surface area contributed by atoms with Crippen molar-refractivity contribution in [3.8, 4) is 0 Å². The van der Waals surface area contributed by atoms with Crippen molar-refractivity contribution in [3.63, 3.8) is 0 Å². The van der Waals surface area contributed by atoms with Crippen molar-refractivity contribution < 1.29 is 4.79 Å². The molecule has 1 atom stereocenters. The Hall–Kier alpha value is -3.19. The first-order chi connectivity index (χ1) is 14.5. The SMILES string of the molecule is CC(Sc1nc2ccccc2c(=O)n1C(C)C)C(=O)Nc1cccc2ncccc12. The van der Waals surface area contributed by atoms with Crippen molar-refractivity contribution in [2.75, 3.05) is 5.32 Å². The summed E-state index contributed by atoms with van der Waals surface area (Å²) < 4.78 is 1.65. The van der Waals surface area contributed by atoms with E-state index in [0.29, 0.717) is 21.7 Å². The number of benzene rings is 2. The summed E-state index contributed by atoms with van der Waals surface area (Å²) in [7, 11) is 0. The van der Waals surface area contributed by atoms with Crippen LogP contribution in [0.15, 0.2) is 70.7 Å². The van der Waals surface area contributed by atoms with Crippen LogP contribution in [0.2, 0.25) is 0 Å². The zero-order chi connectivity index (χ0) is 21.3. The number of rotatable bonds is 5. The second kappa shape index (κ2) is 8.28. The Morgan fingerprint density at radius 1 is 0.967 bits per heavy atom. The van der Waals surface area contributed by atoms with Gasteiger partial charge in [0.05, 0.1) is 27.4 Å². The van der Waals surface area contributed by atoms with Crippen LogP contribution in [0, 0.1) is 0 Å². The van der Waals surface area contributed by atoms with Gasteiger partial charge in [-0.15, -0.1) is 0 Å². The van der Waals surface area contributed by atoms with Crippen molar-refractivity contribution in [2.24, 2.45) is 0 Å². The molecular formula is C23H22N4O2S. The lowest BCUT2D eigenvalue weighted by atomic mass is 10.2. The van der Waals surface area contributed by atoms with E-state index >= 15 is 0 Å². The number of fused-ring (bicyclic) bond motifs is 2. The standard InChI is InChI=1S/C23H22N4O2S/c1-14(2)27-22(29)17-8-4-5-10-20(17)26-23(27)30-15(3)21(28)25-19-12-6-11-18-16(19)9-7-13-24-18/h4-15H,1-3H3,(H,25,28). The van der Waals surface area contributed by atoms with E-state index in [1.807, 2.05) is 69.3 Å². The van der Waals surface area contributed by atoms with Gasteiger partial charge < -0.3 is 5.32 Å². The van der Waals surface area contributed by atoms with Crippen LogP contribution in [0.25, 0.3) is 21.8 Å². The van der Waals surface area contributed by atoms with Crippen molar-refractivity contribution in [1.29, 1.82) is 0 Å². The van der Waals surface area contributed by atoms with Gasteiger partial charge in [0, 0.05) is 17.6 Å². The molecule has 6 nitrogen and oxygen atoms in total. The lowest BCUT2D eigenvalue weighted by Gasteiger charge is -2.19. The highest BCUT2D eigenvalue weighted by Crippen LogP contribution is 2.27. The number of anilines is 1. The third kappa shape index (κ3) is 3.80. The first-order valence-corrected chi connectivity index (χ1v) is 10.7. The monoisotopic (exact) mass is 418 g/mol. The Morgan fingerprint density at radius 3 is 2.50 bits per heavy atom. The zero-order valence-electron chi connectivity index (χ0n) is 17.0. The van der Waals surface area contributed by atoms with Crippen LogP contribution in [0.4, 0.5) is 5.69 Å². The number of carbonyl (C=O) groups excluding carboxylic acids is 1. The van der Waals surface area contributed by atoms with E-state index in [-0.39, 0.29) is 17.5 Å². The number of pyridine rings is 1. The molecule has 2 aromatic carbocycles. The van der Waals surface area contributed by atoms with Gasteiger partial charge in [-0.3, -0.25) is 19.1 Å². The van der Waals surface area contributed by atoms with Gasteiger partial charge in [-0.2, -0.15) is 0 Å². The van der Waals surface area contributed by atoms with Crippen LogP contribution in [0.5, 0.6) is 0 Å². The summed E-state index contributed by atoms with van der Waals surface area (Å²) in [5.74, 6) is -0.158. The van der Waals surface area contributed by atoms with Gasteiger partial charge in [0.15, 0.2) is 5.16 Å². The molecule has 0 fully saturated rings. The van der Waals surface area contributed by atoms with E-state index in [4.69, 9.17) is 0 Å². The lowest BCUT2D eigenvalue weighted by molar-refractivity contribution is -0.115. The molecule has 0 aliphatic carbocycles. The fourth-order valence-corrected chi connectivity index (χ4v) is 4.36. The number of nitrogens with zero attached hydrogens (tertiary/aromatic N) is 3. The molecule has 4 rings (SSSR count). The number of aromatic nitrogens is 3. The second-order valence-electron chi connectivity index (χ2n) is 7.31. The van der Waals surface area contributed by atoms with Gasteiger partial charge in [0.2, 0.25) is 5.91 Å². The first-order valence-electron chi connectivity index (χ1n) is 9.78. The van der Waals surface area contributed by atoms with E-state index in [1.54, 1.807) is 16.8 Å². The predicted octanol–water partition coefficient (Wildman–Crippen LogP) is 4.64. The normalized spacial score (nSPS) is 12.4. The largest absolute Gasteiger partial charge is 0.324 e. The quantitative estimate of drug-likeness (QED) is 0.377. The molecule has 7 heteroatoms. The topological polar surface area (TPSA) is 76.9 Å². The Labute approximate surface area is 178 Å². The van der Waals surface area contributed by atoms with Gasteiger partial charge in [-0.25, -0.2) is 4.98 Å². The summed E-state index contributed by atoms with van der Waals surface area (Å²) >= 11 is 1.28. The smallest absolute Gasteiger partial charge is 0.262 e. The maximum Gasteiger partial charge on any atom is 0.262 e. The molecule has 152 valence electrons. The average molecular weight is 419 g/mol. The molecule has 1 unspecified atom stereocenters. The van der Waals surface area contributed by atoms with Crippen molar-refractivity contribution >= 4 is 45.2 Å². The molecule has 0 bridgehead atoms. The van der Waals surface area contributed by atoms with Crippen LogP contribution in [-0.2, 0) is 4.79 Å². The third-order valence-electron chi connectivity index (χ3n) is 4.85. The molecule has 0 saturated heterocycles. The number of thioether (sulfide) groups is 1. The summed E-state index contributed by atoms with van der Waals surface area (Å²) in [6.45, 7) is 5.70. The summed E-state index contributed by atoms with van der Waals surface area (Å²) in [5, 5.41) is 4.54. The Kier molecular flexibility index (Phi) is 5.55. The van der Waals surface area contributed by atoms with Crippen LogP contribution >= 0.6 is 11.8 Å². The molecule has 1 amide bonds. The van der Waals surface area contributed by atoms with E-state index in [0.717, 1.165) is 10.9 Å². The predicted molar refractivity (Wildman–Crippen MR) is 122 cm³/mol. The molecule has 1 N–H and O–H groups in total. The van der Waals surface area contributed by atoms with Crippen LogP contribution in [0.1, 0.15) is 26.8 Å². The van der Waals surface area contributed by atoms with Crippen LogP contribution in [0.3, 0.4) is 0 Å². The fraction of sp³-hybridized carbons (Fsp3) is 0.217. The number of hydrogen-bond donors (Lipinski definition) is 1. The number of nitrogens with one attached hydrogen (secondary N) is 1. The Morgan fingerprint density at radius 2 is 1.70 bits per heavy atom. The van der Waals surface area contributed by atoms with E-state index < -0.39 is 5.25 Å². The molecule has 0 saturated carbocycles. The van der Waals surface area contributed by atoms with Gasteiger partial charge in [0.25, 0.3) is 5.56 Å². The van der Waals surface area contributed by atoms with Gasteiger partial charge >= 0.3 is 0 Å². The minimum Gasteiger partial charge on any atom is -0.324 e. The Bertz CT molecular complexity index is 1290. The summed E-state index contributed by atoms with van der Waals surface area (Å²) in [6, 6.07) is 16.6. The highest BCUT2D eigenvalue weighted by atomic mass is 32.2. The van der Waals surface area contributed by atoms with E-state index in [9.17, 15) is 9.59 Å². The van der Waals surface area contributed by atoms with Crippen LogP contribution in [-0.4, -0.2) is 25.7 Å². The van der Waals surface area contributed by atoms with E-state index in [2.05, 4.69) is 15.3 Å². The fourth-order valence-electron chi connectivity index (χ4n) is 3.32. The number of carbonyl (C=O) groups is 1. The zero-order valence-corrected chi connectivity index (χ0v) is 17.8. The molecule has 2 aromatic heterocycles. The molecule has 0 spiro atoms. The van der Waals surface area contributed by atoms with Crippen LogP contribution < -0.4 is 10.9 Å². The molecule has 4 aromatic rings. The highest BCUT2D eigenvalue weighted by Gasteiger charge is 2.21. The Balaban J connectivity index is 1.64. The van der Waals surface area contributed by atoms with Crippen molar-refractivity contribution in [3.05, 3.63) is 71.1 Å². The second-order valence-corrected chi connectivity index (χ2v) is 8.61. The summed E-state index contributed by atoms with van der Waals surface area (Å²) in [6.07, 6.45) is 1.73. The van der Waals surface area contributed by atoms with E-state index in [1.165, 1.54) is 11.8 Å².